The van der Waals surface area contributed by atoms with Crippen molar-refractivity contribution in [2.24, 2.45) is 0 Å². The minimum absolute atomic E-state index is 0. The molecule has 21 heavy (non-hydrogen) atoms. The fraction of sp³-hybridized carbons (Fsp3) is 0.722. The number of carboxylic acid groups (broad SMARTS) is 1. The van der Waals surface area contributed by atoms with Crippen LogP contribution in [0.2, 0.25) is 0 Å². The first-order valence-electron chi connectivity index (χ1n) is 7.64. The van der Waals surface area contributed by atoms with Crippen molar-refractivity contribution in [1.29, 1.82) is 0 Å². The molecular weight excluding hydrogens is 262 g/mol. The summed E-state index contributed by atoms with van der Waals surface area (Å²) in [6.07, 6.45) is 8.02. The Morgan fingerprint density at radius 2 is 1.67 bits per heavy atom. The van der Waals surface area contributed by atoms with Gasteiger partial charge in [-0.15, -0.1) is 6.58 Å². The topological polar surface area (TPSA) is 49.3 Å². The van der Waals surface area contributed by atoms with E-state index in [1.165, 1.54) is 31.4 Å². The van der Waals surface area contributed by atoms with E-state index in [0.717, 1.165) is 6.04 Å². The van der Waals surface area contributed by atoms with Gasteiger partial charge in [0, 0.05) is 6.04 Å². The van der Waals surface area contributed by atoms with E-state index in [1.807, 2.05) is 34.6 Å². The molecule has 1 aliphatic rings. The maximum atomic E-state index is 8.36. The summed E-state index contributed by atoms with van der Waals surface area (Å²) < 4.78 is 0. The molecule has 0 radical (unpaired) electrons. The third kappa shape index (κ3) is 45.4. The Morgan fingerprint density at radius 1 is 1.29 bits per heavy atom. The van der Waals surface area contributed by atoms with Gasteiger partial charge in [-0.3, -0.25) is 4.79 Å². The molecule has 130 valence electrons. The smallest absolute Gasteiger partial charge is 0.290 e. The molecule has 0 bridgehead atoms. The Kier molecular flexibility index (Phi) is 55.5. The van der Waals surface area contributed by atoms with Crippen LogP contribution in [-0.4, -0.2) is 24.2 Å². The Balaban J connectivity index is -0.0000000660. The zero-order valence-corrected chi connectivity index (χ0v) is 14.7. The summed E-state index contributed by atoms with van der Waals surface area (Å²) in [5.41, 5.74) is 1.44. The number of nitrogens with one attached hydrogen (secondary N) is 1. The molecule has 0 aromatic carbocycles. The first-order chi connectivity index (χ1) is 9.62. The van der Waals surface area contributed by atoms with Crippen LogP contribution in [0.1, 0.15) is 75.2 Å². The van der Waals surface area contributed by atoms with Crippen molar-refractivity contribution < 1.29 is 9.90 Å². The van der Waals surface area contributed by atoms with E-state index in [4.69, 9.17) is 9.90 Å². The number of carbonyl (C=O) groups is 1. The molecule has 1 rings (SSSR count). The molecular formula is C18H41NO2. The van der Waals surface area contributed by atoms with Gasteiger partial charge in [0.15, 0.2) is 0 Å². The summed E-state index contributed by atoms with van der Waals surface area (Å²) in [5, 5.41) is 10.4. The molecule has 1 atom stereocenters. The van der Waals surface area contributed by atoms with Crippen LogP contribution in [0.3, 0.4) is 0 Å². The fourth-order valence-electron chi connectivity index (χ4n) is 1.34. The number of rotatable bonds is 2. The Morgan fingerprint density at radius 3 is 1.90 bits per heavy atom. The van der Waals surface area contributed by atoms with Gasteiger partial charge in [-0.05, 0) is 46.6 Å². The average molecular weight is 304 g/mol. The van der Waals surface area contributed by atoms with Gasteiger partial charge in [0.2, 0.25) is 0 Å². The summed E-state index contributed by atoms with van der Waals surface area (Å²) in [4.78, 5) is 8.36. The summed E-state index contributed by atoms with van der Waals surface area (Å²) in [5.74, 6) is 0. The molecule has 0 aromatic rings. The molecule has 1 unspecified atom stereocenters. The first-order valence-corrected chi connectivity index (χ1v) is 7.64. The van der Waals surface area contributed by atoms with Gasteiger partial charge in [-0.1, -0.05) is 52.8 Å². The zero-order valence-electron chi connectivity index (χ0n) is 14.7. The van der Waals surface area contributed by atoms with Crippen LogP contribution in [0, 0.1) is 0 Å². The zero-order chi connectivity index (χ0) is 16.8. The van der Waals surface area contributed by atoms with Gasteiger partial charge in [0.25, 0.3) is 6.47 Å². The predicted octanol–water partition coefficient (Wildman–Crippen LogP) is 5.68. The minimum Gasteiger partial charge on any atom is -0.483 e. The molecule has 1 saturated heterocycles. The number of allylic oxidation sites excluding steroid dienone is 2. The van der Waals surface area contributed by atoms with Crippen molar-refractivity contribution in [3.63, 3.8) is 0 Å². The first kappa shape index (κ1) is 32.0. The third-order valence-electron chi connectivity index (χ3n) is 1.97. The third-order valence-corrected chi connectivity index (χ3v) is 1.97. The van der Waals surface area contributed by atoms with Gasteiger partial charge in [0.1, 0.15) is 0 Å². The monoisotopic (exact) mass is 303 g/mol. The molecule has 0 aromatic heterocycles. The van der Waals surface area contributed by atoms with E-state index in [0.29, 0.717) is 0 Å². The second kappa shape index (κ2) is 36.4. The van der Waals surface area contributed by atoms with Crippen molar-refractivity contribution in [2.75, 3.05) is 6.54 Å². The van der Waals surface area contributed by atoms with E-state index >= 15 is 0 Å². The maximum absolute atomic E-state index is 8.36. The Labute approximate surface area is 134 Å². The molecule has 2 N–H and O–H groups in total. The largest absolute Gasteiger partial charge is 0.483 e. The van der Waals surface area contributed by atoms with E-state index in [2.05, 4.69) is 31.8 Å². The summed E-state index contributed by atoms with van der Waals surface area (Å²) in [6, 6.07) is 0.773. The molecule has 0 aliphatic carbocycles. The molecule has 0 spiro atoms. The van der Waals surface area contributed by atoms with Crippen molar-refractivity contribution >= 4 is 6.47 Å². The summed E-state index contributed by atoms with van der Waals surface area (Å²) >= 11 is 0. The molecule has 1 fully saturated rings. The number of hydrogen-bond acceptors (Lipinski definition) is 2. The Bertz CT molecular complexity index is 185. The van der Waals surface area contributed by atoms with Crippen LogP contribution in [0.4, 0.5) is 0 Å². The highest BCUT2D eigenvalue weighted by Crippen LogP contribution is 2.09. The highest BCUT2D eigenvalue weighted by molar-refractivity contribution is 5.32. The lowest BCUT2D eigenvalue weighted by Crippen LogP contribution is -2.20. The lowest BCUT2D eigenvalue weighted by atomic mass is 10.1. The standard InChI is InChI=1S/C9H17N.C3H6.2C2H6.CH2O2.CH4/c1-8(2)5-6-9-4-3-7-10-9;1-3-2;2*1-2;2-1-3;/h5,9-10H,3-4,6-7H2,1-2H3;3H,1H2,2H3;2*1-2H3;1H,(H,2,3);1H4. The molecule has 0 saturated carbocycles. The molecule has 3 nitrogen and oxygen atoms in total. The normalized spacial score (nSPS) is 13.6. The van der Waals surface area contributed by atoms with Gasteiger partial charge < -0.3 is 10.4 Å². The quantitative estimate of drug-likeness (QED) is 0.510. The maximum Gasteiger partial charge on any atom is 0.290 e. The van der Waals surface area contributed by atoms with Crippen LogP contribution in [-0.2, 0) is 4.79 Å². The van der Waals surface area contributed by atoms with Crippen LogP contribution < -0.4 is 5.32 Å². The van der Waals surface area contributed by atoms with E-state index in [9.17, 15) is 0 Å². The molecule has 3 heteroatoms. The molecule has 1 aliphatic heterocycles. The SMILES string of the molecule is C.C=CC.CC.CC.CC(C)=CCC1CCCN1.O=CO. The van der Waals surface area contributed by atoms with Crippen molar-refractivity contribution in [3.05, 3.63) is 24.3 Å². The predicted molar refractivity (Wildman–Crippen MR) is 99.1 cm³/mol. The fourth-order valence-corrected chi connectivity index (χ4v) is 1.34. The van der Waals surface area contributed by atoms with Gasteiger partial charge in [0.05, 0.1) is 0 Å². The highest BCUT2D eigenvalue weighted by atomic mass is 16.3. The molecule has 0 amide bonds. The summed E-state index contributed by atoms with van der Waals surface area (Å²) in [7, 11) is 0. The van der Waals surface area contributed by atoms with Crippen LogP contribution in [0.25, 0.3) is 0 Å². The van der Waals surface area contributed by atoms with E-state index in [-0.39, 0.29) is 13.9 Å². The van der Waals surface area contributed by atoms with Gasteiger partial charge in [-0.25, -0.2) is 0 Å². The lowest BCUT2D eigenvalue weighted by molar-refractivity contribution is -0.122. The summed E-state index contributed by atoms with van der Waals surface area (Å²) in [6.45, 7) is 18.5. The van der Waals surface area contributed by atoms with Gasteiger partial charge in [-0.2, -0.15) is 0 Å². The van der Waals surface area contributed by atoms with Crippen molar-refractivity contribution in [3.8, 4) is 0 Å². The van der Waals surface area contributed by atoms with Crippen molar-refractivity contribution in [1.82, 2.24) is 5.32 Å². The van der Waals surface area contributed by atoms with Gasteiger partial charge >= 0.3 is 0 Å². The van der Waals surface area contributed by atoms with Crippen LogP contribution in [0.15, 0.2) is 24.3 Å². The van der Waals surface area contributed by atoms with E-state index < -0.39 is 0 Å². The van der Waals surface area contributed by atoms with Crippen LogP contribution in [0.5, 0.6) is 0 Å². The second-order valence-electron chi connectivity index (χ2n) is 3.82. The second-order valence-corrected chi connectivity index (χ2v) is 3.82. The van der Waals surface area contributed by atoms with Crippen LogP contribution >= 0.6 is 0 Å². The Hall–Kier alpha value is -1.09. The minimum atomic E-state index is -0.250. The number of hydrogen-bond donors (Lipinski definition) is 2. The van der Waals surface area contributed by atoms with Crippen molar-refractivity contribution in [2.45, 2.75) is 81.2 Å². The highest BCUT2D eigenvalue weighted by Gasteiger charge is 2.11. The lowest BCUT2D eigenvalue weighted by Gasteiger charge is -2.05. The van der Waals surface area contributed by atoms with E-state index in [1.54, 1.807) is 6.08 Å². The average Bonchev–Trinajstić information content (AvgIpc) is 2.96. The molecule has 1 heterocycles.